The van der Waals surface area contributed by atoms with E-state index in [0.717, 1.165) is 5.56 Å². The standard InChI is InChI=1S/C16H14ClF3N4O3S/c1-10-2-8-13(9-3-10)28(26,27)24-15(25)23-22-14(16(18,19)20)21-12-6-4-11(17)5-7-12/h2-9H,1H3,(H,21,22)(H2,23,24,25). The number of benzene rings is 2. The first-order chi connectivity index (χ1) is 13.0. The summed E-state index contributed by atoms with van der Waals surface area (Å²) in [7, 11) is -4.26. The van der Waals surface area contributed by atoms with E-state index >= 15 is 0 Å². The van der Waals surface area contributed by atoms with Gasteiger partial charge in [-0.15, -0.1) is 0 Å². The maximum Gasteiger partial charge on any atom is 0.450 e. The molecule has 0 bridgehead atoms. The largest absolute Gasteiger partial charge is 0.450 e. The van der Waals surface area contributed by atoms with Gasteiger partial charge in [-0.2, -0.15) is 13.2 Å². The second-order valence-electron chi connectivity index (χ2n) is 5.43. The molecule has 0 fully saturated rings. The maximum atomic E-state index is 13.1. The highest BCUT2D eigenvalue weighted by Gasteiger charge is 2.36. The van der Waals surface area contributed by atoms with E-state index in [4.69, 9.17) is 11.6 Å². The summed E-state index contributed by atoms with van der Waals surface area (Å²) in [5, 5.41) is 0.305. The molecule has 0 heterocycles. The third kappa shape index (κ3) is 6.13. The Labute approximate surface area is 163 Å². The fraction of sp³-hybridized carbons (Fsp3) is 0.125. The van der Waals surface area contributed by atoms with Crippen LogP contribution in [0, 0.1) is 6.92 Å². The number of hydrogen-bond donors (Lipinski definition) is 3. The van der Waals surface area contributed by atoms with Crippen molar-refractivity contribution in [2.75, 3.05) is 0 Å². The van der Waals surface area contributed by atoms with Gasteiger partial charge in [-0.25, -0.2) is 28.4 Å². The molecule has 0 aliphatic carbocycles. The van der Waals surface area contributed by atoms with Crippen LogP contribution in [0.5, 0.6) is 0 Å². The van der Waals surface area contributed by atoms with Gasteiger partial charge < -0.3 is 0 Å². The number of carbonyl (C=O) groups is 1. The predicted molar refractivity (Wildman–Crippen MR) is 97.8 cm³/mol. The van der Waals surface area contributed by atoms with Crippen LogP contribution in [0.3, 0.4) is 0 Å². The number of rotatable bonds is 3. The molecule has 3 N–H and O–H groups in total. The molecule has 0 aliphatic rings. The number of amidine groups is 1. The molecular formula is C16H14ClF3N4O3S. The third-order valence-corrected chi connectivity index (χ3v) is 4.79. The number of nitrogens with one attached hydrogen (secondary N) is 3. The first-order valence-electron chi connectivity index (χ1n) is 7.54. The van der Waals surface area contributed by atoms with Crippen LogP contribution in [0.2, 0.25) is 5.02 Å². The Morgan fingerprint density at radius 2 is 1.57 bits per heavy atom. The molecule has 0 unspecified atom stereocenters. The lowest BCUT2D eigenvalue weighted by molar-refractivity contribution is -0.0621. The van der Waals surface area contributed by atoms with Gasteiger partial charge in [-0.1, -0.05) is 29.3 Å². The van der Waals surface area contributed by atoms with Crippen molar-refractivity contribution in [2.24, 2.45) is 4.99 Å². The lowest BCUT2D eigenvalue weighted by Gasteiger charge is -2.14. The number of carbonyl (C=O) groups excluding carboxylic acids is 1. The Kier molecular flexibility index (Phi) is 6.52. The molecule has 150 valence electrons. The SMILES string of the molecule is Cc1ccc(S(=O)(=O)NC(=O)NNC(=Nc2ccc(Cl)cc2)C(F)(F)F)cc1. The van der Waals surface area contributed by atoms with Crippen LogP contribution in [0.15, 0.2) is 58.4 Å². The molecule has 0 saturated heterocycles. The summed E-state index contributed by atoms with van der Waals surface area (Å²) in [5.41, 5.74) is 3.88. The molecule has 12 heteroatoms. The van der Waals surface area contributed by atoms with Gasteiger partial charge in [0, 0.05) is 5.02 Å². The zero-order valence-electron chi connectivity index (χ0n) is 14.2. The van der Waals surface area contributed by atoms with E-state index in [1.807, 2.05) is 0 Å². The topological polar surface area (TPSA) is 99.7 Å². The number of aryl methyl sites for hydroxylation is 1. The molecule has 0 atom stereocenters. The zero-order valence-corrected chi connectivity index (χ0v) is 15.8. The summed E-state index contributed by atoms with van der Waals surface area (Å²) in [6.07, 6.45) is -4.94. The fourth-order valence-electron chi connectivity index (χ4n) is 1.85. The van der Waals surface area contributed by atoms with E-state index < -0.39 is 28.1 Å². The van der Waals surface area contributed by atoms with Crippen molar-refractivity contribution in [3.8, 4) is 0 Å². The number of halogens is 4. The number of urea groups is 1. The molecule has 2 amide bonds. The van der Waals surface area contributed by atoms with Gasteiger partial charge in [0.15, 0.2) is 0 Å². The van der Waals surface area contributed by atoms with E-state index in [1.165, 1.54) is 48.5 Å². The second-order valence-corrected chi connectivity index (χ2v) is 7.55. The molecular weight excluding hydrogens is 421 g/mol. The van der Waals surface area contributed by atoms with E-state index in [2.05, 4.69) is 4.99 Å². The van der Waals surface area contributed by atoms with Gasteiger partial charge in [0.25, 0.3) is 10.0 Å². The summed E-state index contributed by atoms with van der Waals surface area (Å²) in [4.78, 5) is 14.8. The summed E-state index contributed by atoms with van der Waals surface area (Å²) >= 11 is 5.65. The van der Waals surface area contributed by atoms with Crippen LogP contribution < -0.4 is 15.6 Å². The highest BCUT2D eigenvalue weighted by molar-refractivity contribution is 7.90. The van der Waals surface area contributed by atoms with Crippen molar-refractivity contribution < 1.29 is 26.4 Å². The van der Waals surface area contributed by atoms with E-state index in [-0.39, 0.29) is 10.6 Å². The number of aliphatic imine (C=N–C) groups is 1. The smallest absolute Gasteiger partial charge is 0.276 e. The molecule has 0 spiro atoms. The summed E-state index contributed by atoms with van der Waals surface area (Å²) in [5.74, 6) is -1.56. The number of sulfonamides is 1. The Bertz CT molecular complexity index is 976. The average molecular weight is 435 g/mol. The Hall–Kier alpha value is -2.79. The minimum Gasteiger partial charge on any atom is -0.276 e. The molecule has 28 heavy (non-hydrogen) atoms. The number of hydrazine groups is 1. The quantitative estimate of drug-likeness (QED) is 0.391. The third-order valence-electron chi connectivity index (χ3n) is 3.19. The average Bonchev–Trinajstić information content (AvgIpc) is 2.59. The first-order valence-corrected chi connectivity index (χ1v) is 9.40. The Balaban J connectivity index is 2.09. The van der Waals surface area contributed by atoms with E-state index in [1.54, 1.807) is 22.5 Å². The van der Waals surface area contributed by atoms with E-state index in [0.29, 0.717) is 5.02 Å². The second kappa shape index (κ2) is 8.48. The molecule has 7 nitrogen and oxygen atoms in total. The van der Waals surface area contributed by atoms with Crippen LogP contribution >= 0.6 is 11.6 Å². The summed E-state index contributed by atoms with van der Waals surface area (Å²) in [6, 6.07) is 9.23. The van der Waals surface area contributed by atoms with Crippen molar-refractivity contribution in [3.05, 3.63) is 59.1 Å². The van der Waals surface area contributed by atoms with Crippen molar-refractivity contribution in [1.29, 1.82) is 0 Å². The van der Waals surface area contributed by atoms with Crippen LogP contribution in [0.1, 0.15) is 5.56 Å². The van der Waals surface area contributed by atoms with Crippen molar-refractivity contribution in [1.82, 2.24) is 15.6 Å². The fourth-order valence-corrected chi connectivity index (χ4v) is 2.88. The van der Waals surface area contributed by atoms with Crippen molar-refractivity contribution in [3.63, 3.8) is 0 Å². The highest BCUT2D eigenvalue weighted by Crippen LogP contribution is 2.21. The van der Waals surface area contributed by atoms with Gasteiger partial charge in [-0.3, -0.25) is 5.43 Å². The molecule has 0 aromatic heterocycles. The van der Waals surface area contributed by atoms with Crippen LogP contribution in [0.25, 0.3) is 0 Å². The highest BCUT2D eigenvalue weighted by atomic mass is 35.5. The summed E-state index contributed by atoms with van der Waals surface area (Å²) in [6.45, 7) is 1.74. The normalized spacial score (nSPS) is 12.4. The summed E-state index contributed by atoms with van der Waals surface area (Å²) < 4.78 is 64.9. The molecule has 0 aliphatic heterocycles. The molecule has 2 aromatic carbocycles. The van der Waals surface area contributed by atoms with Crippen LogP contribution in [0.4, 0.5) is 23.7 Å². The molecule has 0 saturated carbocycles. The van der Waals surface area contributed by atoms with Gasteiger partial charge in [-0.05, 0) is 43.3 Å². The number of nitrogens with zero attached hydrogens (tertiary/aromatic N) is 1. The van der Waals surface area contributed by atoms with Crippen molar-refractivity contribution in [2.45, 2.75) is 18.0 Å². The minimum absolute atomic E-state index is 0.0845. The maximum absolute atomic E-state index is 13.1. The lowest BCUT2D eigenvalue weighted by Crippen LogP contribution is -2.52. The van der Waals surface area contributed by atoms with Gasteiger partial charge >= 0.3 is 12.2 Å². The first kappa shape index (κ1) is 21.5. The predicted octanol–water partition coefficient (Wildman–Crippen LogP) is 3.43. The van der Waals surface area contributed by atoms with E-state index in [9.17, 15) is 26.4 Å². The number of amides is 2. The monoisotopic (exact) mass is 434 g/mol. The van der Waals surface area contributed by atoms with Gasteiger partial charge in [0.1, 0.15) is 0 Å². The van der Waals surface area contributed by atoms with Gasteiger partial charge in [0.2, 0.25) is 5.84 Å². The molecule has 2 aromatic rings. The number of alkyl halides is 3. The molecule has 2 rings (SSSR count). The van der Waals surface area contributed by atoms with Crippen molar-refractivity contribution >= 4 is 39.2 Å². The number of hydrogen-bond acceptors (Lipinski definition) is 4. The minimum atomic E-state index is -4.94. The lowest BCUT2D eigenvalue weighted by atomic mass is 10.2. The zero-order chi connectivity index (χ0) is 20.9. The Morgan fingerprint density at radius 3 is 2.11 bits per heavy atom. The van der Waals surface area contributed by atoms with Crippen LogP contribution in [-0.4, -0.2) is 26.5 Å². The van der Waals surface area contributed by atoms with Crippen LogP contribution in [-0.2, 0) is 10.0 Å². The van der Waals surface area contributed by atoms with Gasteiger partial charge in [0.05, 0.1) is 10.6 Å². The Morgan fingerprint density at radius 1 is 1.00 bits per heavy atom. The molecule has 0 radical (unpaired) electrons.